The number of aromatic nitrogens is 3. The third-order valence-corrected chi connectivity index (χ3v) is 3.85. The lowest BCUT2D eigenvalue weighted by Crippen LogP contribution is -2.14. The van der Waals surface area contributed by atoms with Crippen LogP contribution in [0.1, 0.15) is 11.4 Å². The molecule has 158 valence electrons. The molecule has 1 aromatic carbocycles. The highest BCUT2D eigenvalue weighted by atomic mass is 16.6. The van der Waals surface area contributed by atoms with Crippen molar-refractivity contribution in [1.29, 1.82) is 0 Å². The first kappa shape index (κ1) is 20.9. The second-order valence-corrected chi connectivity index (χ2v) is 5.81. The Bertz CT molecular complexity index is 1250. The molecule has 0 atom stereocenters. The molecule has 0 radical (unpaired) electrons. The number of pyridine rings is 1. The summed E-state index contributed by atoms with van der Waals surface area (Å²) in [6.45, 7) is 0. The van der Waals surface area contributed by atoms with Gasteiger partial charge in [-0.1, -0.05) is 12.1 Å². The maximum Gasteiger partial charge on any atom is 0.395 e. The smallest absolute Gasteiger partial charge is 0.395 e. The number of rotatable bonds is 7. The molecule has 2 aromatic heterocycles. The average molecular weight is 427 g/mol. The highest BCUT2D eigenvalue weighted by Gasteiger charge is 2.21. The molecule has 0 amide bonds. The molecule has 3 rings (SSSR count). The number of ether oxygens (including phenoxy) is 2. The van der Waals surface area contributed by atoms with E-state index in [0.717, 1.165) is 0 Å². The summed E-state index contributed by atoms with van der Waals surface area (Å²) in [5.41, 5.74) is -1.93. The van der Waals surface area contributed by atoms with Crippen LogP contribution in [0.25, 0.3) is 12.2 Å². The van der Waals surface area contributed by atoms with Gasteiger partial charge in [-0.25, -0.2) is 4.98 Å². The third-order valence-electron chi connectivity index (χ3n) is 3.85. The number of aromatic hydroxyl groups is 1. The summed E-state index contributed by atoms with van der Waals surface area (Å²) in [6, 6.07) is 7.25. The van der Waals surface area contributed by atoms with Gasteiger partial charge in [0.05, 0.1) is 17.0 Å². The minimum absolute atomic E-state index is 0.114. The van der Waals surface area contributed by atoms with Gasteiger partial charge in [0.2, 0.25) is 0 Å². The van der Waals surface area contributed by atoms with Crippen LogP contribution in [-0.4, -0.2) is 37.0 Å². The van der Waals surface area contributed by atoms with Gasteiger partial charge in [-0.2, -0.15) is 4.98 Å². The lowest BCUT2D eigenvalue weighted by molar-refractivity contribution is -0.387. The molecule has 13 nitrogen and oxygen atoms in total. The fourth-order valence-electron chi connectivity index (χ4n) is 2.47. The van der Waals surface area contributed by atoms with Crippen LogP contribution in [-0.2, 0) is 0 Å². The van der Waals surface area contributed by atoms with Crippen molar-refractivity contribution in [2.24, 2.45) is 0 Å². The summed E-state index contributed by atoms with van der Waals surface area (Å²) in [4.78, 5) is 41.4. The average Bonchev–Trinajstić information content (AvgIpc) is 2.72. The number of hydrogen-bond donors (Lipinski definition) is 2. The van der Waals surface area contributed by atoms with Crippen LogP contribution in [0.15, 0.2) is 41.3 Å². The fourth-order valence-corrected chi connectivity index (χ4v) is 2.47. The number of nitro groups is 2. The molecular formula is C18H13N5O8. The summed E-state index contributed by atoms with van der Waals surface area (Å²) < 4.78 is 10.8. The maximum absolute atomic E-state index is 11.7. The molecular weight excluding hydrogens is 414 g/mol. The predicted molar refractivity (Wildman–Crippen MR) is 106 cm³/mol. The zero-order chi connectivity index (χ0) is 22.5. The molecule has 0 aliphatic rings. The third kappa shape index (κ3) is 4.61. The second-order valence-electron chi connectivity index (χ2n) is 5.81. The minimum atomic E-state index is -1.10. The van der Waals surface area contributed by atoms with Gasteiger partial charge in [-0.15, -0.1) is 0 Å². The molecule has 0 fully saturated rings. The monoisotopic (exact) mass is 427 g/mol. The molecule has 2 heterocycles. The summed E-state index contributed by atoms with van der Waals surface area (Å²) >= 11 is 0. The Hall–Kier alpha value is -4.81. The van der Waals surface area contributed by atoms with Gasteiger partial charge in [0.1, 0.15) is 5.82 Å². The van der Waals surface area contributed by atoms with Crippen molar-refractivity contribution < 1.29 is 24.4 Å². The van der Waals surface area contributed by atoms with Gasteiger partial charge in [-0.3, -0.25) is 25.0 Å². The highest BCUT2D eigenvalue weighted by molar-refractivity contribution is 5.69. The number of hydrogen-bond acceptors (Lipinski definition) is 10. The van der Waals surface area contributed by atoms with Gasteiger partial charge in [0.25, 0.3) is 11.8 Å². The van der Waals surface area contributed by atoms with Crippen LogP contribution < -0.4 is 15.0 Å². The Labute approximate surface area is 172 Å². The quantitative estimate of drug-likeness (QED) is 0.419. The van der Waals surface area contributed by atoms with Crippen LogP contribution in [0.4, 0.5) is 11.4 Å². The van der Waals surface area contributed by atoms with Crippen LogP contribution >= 0.6 is 0 Å². The van der Waals surface area contributed by atoms with Crippen molar-refractivity contribution in [1.82, 2.24) is 15.0 Å². The van der Waals surface area contributed by atoms with Crippen molar-refractivity contribution >= 4 is 23.5 Å². The van der Waals surface area contributed by atoms with E-state index in [0.29, 0.717) is 5.56 Å². The molecule has 2 N–H and O–H groups in total. The van der Waals surface area contributed by atoms with Gasteiger partial charge < -0.3 is 19.6 Å². The Balaban J connectivity index is 1.88. The van der Waals surface area contributed by atoms with Crippen molar-refractivity contribution in [2.75, 3.05) is 7.11 Å². The Morgan fingerprint density at radius 1 is 1.13 bits per heavy atom. The molecule has 0 bridgehead atoms. The number of nitrogens with zero attached hydrogens (tertiary/aromatic N) is 4. The molecule has 0 unspecified atom stereocenters. The molecule has 0 aliphatic heterocycles. The van der Waals surface area contributed by atoms with E-state index in [1.165, 1.54) is 49.7 Å². The molecule has 0 spiro atoms. The minimum Gasteiger partial charge on any atom is -0.493 e. The van der Waals surface area contributed by atoms with E-state index in [-0.39, 0.29) is 28.9 Å². The predicted octanol–water partition coefficient (Wildman–Crippen LogP) is 2.66. The number of aromatic amines is 1. The van der Waals surface area contributed by atoms with Crippen LogP contribution in [0.2, 0.25) is 0 Å². The summed E-state index contributed by atoms with van der Waals surface area (Å²) in [5.74, 6) is -0.934. The maximum atomic E-state index is 11.7. The Morgan fingerprint density at radius 3 is 2.55 bits per heavy atom. The van der Waals surface area contributed by atoms with Crippen molar-refractivity contribution in [3.63, 3.8) is 0 Å². The van der Waals surface area contributed by atoms with E-state index in [1.54, 1.807) is 6.07 Å². The highest BCUT2D eigenvalue weighted by Crippen LogP contribution is 2.35. The first-order valence-electron chi connectivity index (χ1n) is 8.41. The zero-order valence-corrected chi connectivity index (χ0v) is 15.7. The molecule has 31 heavy (non-hydrogen) atoms. The SMILES string of the molecule is COc1cc(/C=C/c2nc(O)c([N+](=O)[O-])c(=O)[nH]2)ccc1Oc1ncccc1[N+](=O)[O-]. The number of methoxy groups -OCH3 is 1. The van der Waals surface area contributed by atoms with Gasteiger partial charge in [0.15, 0.2) is 11.5 Å². The largest absolute Gasteiger partial charge is 0.493 e. The van der Waals surface area contributed by atoms with E-state index in [1.807, 2.05) is 0 Å². The van der Waals surface area contributed by atoms with Gasteiger partial charge in [0, 0.05) is 12.3 Å². The van der Waals surface area contributed by atoms with E-state index < -0.39 is 27.0 Å². The Kier molecular flexibility index (Phi) is 5.86. The molecule has 3 aromatic rings. The number of nitrogens with one attached hydrogen (secondary N) is 1. The van der Waals surface area contributed by atoms with Crippen LogP contribution in [0.3, 0.4) is 0 Å². The summed E-state index contributed by atoms with van der Waals surface area (Å²) in [7, 11) is 1.37. The normalized spacial score (nSPS) is 10.7. The lowest BCUT2D eigenvalue weighted by atomic mass is 10.2. The zero-order valence-electron chi connectivity index (χ0n) is 15.7. The van der Waals surface area contributed by atoms with Gasteiger partial charge >= 0.3 is 16.9 Å². The lowest BCUT2D eigenvalue weighted by Gasteiger charge is -2.10. The van der Waals surface area contributed by atoms with E-state index in [4.69, 9.17) is 9.47 Å². The first-order valence-corrected chi connectivity index (χ1v) is 8.41. The fraction of sp³-hybridized carbons (Fsp3) is 0.0556. The van der Waals surface area contributed by atoms with E-state index in [9.17, 15) is 30.1 Å². The van der Waals surface area contributed by atoms with Crippen LogP contribution in [0, 0.1) is 20.2 Å². The number of benzene rings is 1. The Morgan fingerprint density at radius 2 is 1.90 bits per heavy atom. The van der Waals surface area contributed by atoms with Crippen molar-refractivity contribution in [3.05, 3.63) is 78.5 Å². The van der Waals surface area contributed by atoms with E-state index >= 15 is 0 Å². The second kappa shape index (κ2) is 8.69. The van der Waals surface area contributed by atoms with Crippen molar-refractivity contribution in [2.45, 2.75) is 0 Å². The molecule has 0 aliphatic carbocycles. The molecule has 0 saturated heterocycles. The molecule has 0 saturated carbocycles. The topological polar surface area (TPSA) is 184 Å². The van der Waals surface area contributed by atoms with Crippen molar-refractivity contribution in [3.8, 4) is 23.3 Å². The van der Waals surface area contributed by atoms with Gasteiger partial charge in [-0.05, 0) is 29.8 Å². The standard InChI is InChI=1S/C18H13N5O8/c1-30-13-9-10(5-7-14-20-16(24)15(23(28)29)17(25)21-14)4-6-12(13)31-18-11(22(26)27)3-2-8-19-18/h2-9H,1H3,(H2,20,21,24,25)/b7-5+. The molecule has 13 heteroatoms. The number of H-pyrrole nitrogens is 1. The summed E-state index contributed by atoms with van der Waals surface area (Å²) in [6.07, 6.45) is 4.14. The first-order chi connectivity index (χ1) is 14.8. The van der Waals surface area contributed by atoms with E-state index in [2.05, 4.69) is 15.0 Å². The van der Waals surface area contributed by atoms with Crippen LogP contribution in [0.5, 0.6) is 23.3 Å². The summed E-state index contributed by atoms with van der Waals surface area (Å²) in [5, 5.41) is 31.4.